The predicted molar refractivity (Wildman–Crippen MR) is 45.7 cm³/mol. The molecule has 0 spiro atoms. The van der Waals surface area contributed by atoms with Crippen molar-refractivity contribution >= 4 is 5.97 Å². The van der Waals surface area contributed by atoms with Crippen LogP contribution in [0.5, 0.6) is 0 Å². The minimum atomic E-state index is -0.686. The molecule has 0 bridgehead atoms. The van der Waals surface area contributed by atoms with Gasteiger partial charge in [-0.15, -0.1) is 0 Å². The van der Waals surface area contributed by atoms with Gasteiger partial charge >= 0.3 is 5.97 Å². The lowest BCUT2D eigenvalue weighted by molar-refractivity contribution is -0.157. The molecule has 0 amide bonds. The molecule has 0 heterocycles. The summed E-state index contributed by atoms with van der Waals surface area (Å²) in [6.45, 7) is 5.58. The lowest BCUT2D eigenvalue weighted by atomic mass is 10.2. The molecule has 0 saturated carbocycles. The highest BCUT2D eigenvalue weighted by Gasteiger charge is 2.21. The third kappa shape index (κ3) is 5.09. The number of hydrogen-bond donors (Lipinski definition) is 1. The molecule has 72 valence electrons. The molecule has 0 aromatic rings. The summed E-state index contributed by atoms with van der Waals surface area (Å²) >= 11 is 0. The van der Waals surface area contributed by atoms with Gasteiger partial charge in [-0.25, -0.2) is 0 Å². The van der Waals surface area contributed by atoms with Crippen molar-refractivity contribution in [1.82, 2.24) is 0 Å². The second kappa shape index (κ2) is 4.42. The van der Waals surface area contributed by atoms with Crippen LogP contribution in [0.25, 0.3) is 0 Å². The summed E-state index contributed by atoms with van der Waals surface area (Å²) in [5.74, 6) is -0.427. The van der Waals surface area contributed by atoms with Crippen LogP contribution in [0.1, 0.15) is 20.8 Å². The molecule has 0 aromatic heterocycles. The van der Waals surface area contributed by atoms with E-state index in [4.69, 9.17) is 15.2 Å². The van der Waals surface area contributed by atoms with Crippen molar-refractivity contribution in [1.29, 1.82) is 0 Å². The number of methoxy groups -OCH3 is 1. The first-order valence-corrected chi connectivity index (χ1v) is 3.84. The van der Waals surface area contributed by atoms with E-state index in [0.29, 0.717) is 0 Å². The minimum absolute atomic E-state index is 0.189. The average molecular weight is 175 g/mol. The molecule has 2 N–H and O–H groups in total. The lowest BCUT2D eigenvalue weighted by Gasteiger charge is -2.21. The minimum Gasteiger partial charge on any atom is -0.459 e. The third-order valence-corrected chi connectivity index (χ3v) is 1.06. The van der Waals surface area contributed by atoms with Gasteiger partial charge in [-0.3, -0.25) is 4.79 Å². The topological polar surface area (TPSA) is 61.5 Å². The van der Waals surface area contributed by atoms with Crippen LogP contribution in [0.2, 0.25) is 0 Å². The molecule has 0 aromatic carbocycles. The largest absolute Gasteiger partial charge is 0.459 e. The normalized spacial score (nSPS) is 14.1. The van der Waals surface area contributed by atoms with Crippen molar-refractivity contribution in [3.05, 3.63) is 0 Å². The molecule has 1 atom stereocenters. The Bertz CT molecular complexity index is 151. The van der Waals surface area contributed by atoms with E-state index in [0.717, 1.165) is 0 Å². The van der Waals surface area contributed by atoms with Crippen LogP contribution in [-0.2, 0) is 14.3 Å². The molecule has 0 rings (SSSR count). The highest BCUT2D eigenvalue weighted by molar-refractivity contribution is 5.76. The van der Waals surface area contributed by atoms with E-state index < -0.39 is 17.6 Å². The standard InChI is InChI=1S/C8H17NO3/c1-8(2,3)12-7(10)6(9)5-11-4/h6H,5,9H2,1-4H3. The Hall–Kier alpha value is -0.610. The van der Waals surface area contributed by atoms with Crippen LogP contribution in [-0.4, -0.2) is 31.3 Å². The summed E-state index contributed by atoms with van der Waals surface area (Å²) in [6, 6.07) is -0.686. The molecule has 0 aliphatic rings. The fraction of sp³-hybridized carbons (Fsp3) is 0.875. The average Bonchev–Trinajstić information content (AvgIpc) is 1.84. The van der Waals surface area contributed by atoms with E-state index in [1.54, 1.807) is 20.8 Å². The summed E-state index contributed by atoms with van der Waals surface area (Å²) in [4.78, 5) is 11.1. The van der Waals surface area contributed by atoms with Crippen LogP contribution >= 0.6 is 0 Å². The molecule has 4 nitrogen and oxygen atoms in total. The summed E-state index contributed by atoms with van der Waals surface area (Å²) in [6.07, 6.45) is 0. The summed E-state index contributed by atoms with van der Waals surface area (Å²) in [5.41, 5.74) is 4.95. The van der Waals surface area contributed by atoms with Gasteiger partial charge in [0.25, 0.3) is 0 Å². The van der Waals surface area contributed by atoms with Gasteiger partial charge in [-0.2, -0.15) is 0 Å². The number of esters is 1. The molecule has 0 saturated heterocycles. The van der Waals surface area contributed by atoms with E-state index in [-0.39, 0.29) is 6.61 Å². The number of carbonyl (C=O) groups excluding carboxylic acids is 1. The van der Waals surface area contributed by atoms with Crippen molar-refractivity contribution in [3.8, 4) is 0 Å². The third-order valence-electron chi connectivity index (χ3n) is 1.06. The fourth-order valence-electron chi connectivity index (χ4n) is 0.625. The van der Waals surface area contributed by atoms with Crippen molar-refractivity contribution in [2.24, 2.45) is 5.73 Å². The smallest absolute Gasteiger partial charge is 0.325 e. The number of nitrogens with two attached hydrogens (primary N) is 1. The molecule has 0 fully saturated rings. The molecule has 0 aliphatic carbocycles. The van der Waals surface area contributed by atoms with Crippen molar-refractivity contribution in [2.45, 2.75) is 32.4 Å². The predicted octanol–water partition coefficient (Wildman–Crippen LogP) is 0.302. The zero-order chi connectivity index (χ0) is 9.78. The Morgan fingerprint density at radius 1 is 1.50 bits per heavy atom. The van der Waals surface area contributed by atoms with Gasteiger partial charge in [-0.1, -0.05) is 0 Å². The molecule has 12 heavy (non-hydrogen) atoms. The Labute approximate surface area is 73.0 Å². The second-order valence-electron chi connectivity index (χ2n) is 3.60. The highest BCUT2D eigenvalue weighted by atomic mass is 16.6. The maximum Gasteiger partial charge on any atom is 0.325 e. The first kappa shape index (κ1) is 11.4. The maximum absolute atomic E-state index is 11.1. The zero-order valence-corrected chi connectivity index (χ0v) is 8.09. The van der Waals surface area contributed by atoms with E-state index >= 15 is 0 Å². The first-order valence-electron chi connectivity index (χ1n) is 3.84. The second-order valence-corrected chi connectivity index (χ2v) is 3.60. The van der Waals surface area contributed by atoms with Gasteiger partial charge in [0.1, 0.15) is 11.6 Å². The highest BCUT2D eigenvalue weighted by Crippen LogP contribution is 2.07. The van der Waals surface area contributed by atoms with Crippen LogP contribution < -0.4 is 5.73 Å². The van der Waals surface area contributed by atoms with E-state index in [1.807, 2.05) is 0 Å². The van der Waals surface area contributed by atoms with Crippen LogP contribution in [0.15, 0.2) is 0 Å². The quantitative estimate of drug-likeness (QED) is 0.627. The Balaban J connectivity index is 3.87. The van der Waals surface area contributed by atoms with Gasteiger partial charge in [-0.05, 0) is 20.8 Å². The Morgan fingerprint density at radius 2 is 2.00 bits per heavy atom. The summed E-state index contributed by atoms with van der Waals surface area (Å²) in [5, 5.41) is 0. The molecule has 0 aliphatic heterocycles. The van der Waals surface area contributed by atoms with E-state index in [9.17, 15) is 4.79 Å². The number of hydrogen-bond acceptors (Lipinski definition) is 4. The lowest BCUT2D eigenvalue weighted by Crippen LogP contribution is -2.40. The van der Waals surface area contributed by atoms with Gasteiger partial charge in [0, 0.05) is 7.11 Å². The molecular weight excluding hydrogens is 158 g/mol. The molecule has 4 heteroatoms. The summed E-state index contributed by atoms with van der Waals surface area (Å²) < 4.78 is 9.72. The number of ether oxygens (including phenoxy) is 2. The van der Waals surface area contributed by atoms with Gasteiger partial charge in [0.15, 0.2) is 0 Å². The Kier molecular flexibility index (Phi) is 4.20. The van der Waals surface area contributed by atoms with Crippen molar-refractivity contribution in [2.75, 3.05) is 13.7 Å². The SMILES string of the molecule is COCC(N)C(=O)OC(C)(C)C. The van der Waals surface area contributed by atoms with Crippen molar-refractivity contribution < 1.29 is 14.3 Å². The number of carbonyl (C=O) groups is 1. The maximum atomic E-state index is 11.1. The first-order chi connectivity index (χ1) is 5.37. The van der Waals surface area contributed by atoms with Gasteiger partial charge in [0.05, 0.1) is 6.61 Å². The van der Waals surface area contributed by atoms with E-state index in [1.165, 1.54) is 7.11 Å². The van der Waals surface area contributed by atoms with Gasteiger partial charge in [0.2, 0.25) is 0 Å². The van der Waals surface area contributed by atoms with Gasteiger partial charge < -0.3 is 15.2 Å². The molecule has 1 unspecified atom stereocenters. The number of rotatable bonds is 3. The monoisotopic (exact) mass is 175 g/mol. The van der Waals surface area contributed by atoms with Crippen LogP contribution in [0.3, 0.4) is 0 Å². The molecular formula is C8H17NO3. The fourth-order valence-corrected chi connectivity index (χ4v) is 0.625. The van der Waals surface area contributed by atoms with Crippen LogP contribution in [0, 0.1) is 0 Å². The van der Waals surface area contributed by atoms with E-state index in [2.05, 4.69) is 0 Å². The summed E-state index contributed by atoms with van der Waals surface area (Å²) in [7, 11) is 1.49. The van der Waals surface area contributed by atoms with Crippen LogP contribution in [0.4, 0.5) is 0 Å². The molecule has 0 radical (unpaired) electrons. The van der Waals surface area contributed by atoms with Crippen molar-refractivity contribution in [3.63, 3.8) is 0 Å². The Morgan fingerprint density at radius 3 is 2.33 bits per heavy atom. The zero-order valence-electron chi connectivity index (χ0n) is 8.09.